The number of hydrogen-bond donors (Lipinski definition) is 1. The Labute approximate surface area is 108 Å². The van der Waals surface area contributed by atoms with Gasteiger partial charge < -0.3 is 5.11 Å². The Morgan fingerprint density at radius 3 is 2.50 bits per heavy atom. The molecule has 0 aliphatic heterocycles. The summed E-state index contributed by atoms with van der Waals surface area (Å²) in [6.07, 6.45) is 3.71. The van der Waals surface area contributed by atoms with E-state index in [2.05, 4.69) is 31.9 Å². The normalized spacial score (nSPS) is 20.0. The Morgan fingerprint density at radius 1 is 1.50 bits per heavy atom. The van der Waals surface area contributed by atoms with Crippen LogP contribution in [-0.4, -0.2) is 14.9 Å². The lowest BCUT2D eigenvalue weighted by Gasteiger charge is -2.39. The van der Waals surface area contributed by atoms with Crippen LogP contribution in [0.15, 0.2) is 6.20 Å². The van der Waals surface area contributed by atoms with E-state index in [-0.39, 0.29) is 5.41 Å². The van der Waals surface area contributed by atoms with Crippen molar-refractivity contribution >= 4 is 0 Å². The highest BCUT2D eigenvalue weighted by Crippen LogP contribution is 2.50. The molecule has 0 amide bonds. The second-order valence-corrected chi connectivity index (χ2v) is 6.38. The third-order valence-electron chi connectivity index (χ3n) is 3.85. The van der Waals surface area contributed by atoms with E-state index in [9.17, 15) is 10.4 Å². The summed E-state index contributed by atoms with van der Waals surface area (Å²) in [5, 5.41) is 24.4. The van der Waals surface area contributed by atoms with E-state index in [0.717, 1.165) is 30.5 Å². The largest absolute Gasteiger partial charge is 0.387 e. The Bertz CT molecular complexity index is 486. The molecule has 1 aliphatic carbocycles. The molecule has 1 saturated carbocycles. The monoisotopic (exact) mass is 247 g/mol. The first kappa shape index (κ1) is 13.1. The molecule has 1 aliphatic rings. The van der Waals surface area contributed by atoms with Crippen LogP contribution in [0.3, 0.4) is 0 Å². The zero-order chi connectivity index (χ0) is 13.6. The molecule has 0 radical (unpaired) electrons. The zero-order valence-electron chi connectivity index (χ0n) is 11.6. The lowest BCUT2D eigenvalue weighted by molar-refractivity contribution is 0.00682. The SMILES string of the molecule is Cn1cc(C(O)C2(C#N)CCC2)c(C(C)(C)C)n1. The van der Waals surface area contributed by atoms with Gasteiger partial charge in [0.15, 0.2) is 0 Å². The minimum atomic E-state index is -0.723. The molecule has 1 aromatic heterocycles. The molecule has 4 nitrogen and oxygen atoms in total. The van der Waals surface area contributed by atoms with E-state index < -0.39 is 11.5 Å². The van der Waals surface area contributed by atoms with Crippen LogP contribution >= 0.6 is 0 Å². The highest BCUT2D eigenvalue weighted by atomic mass is 16.3. The summed E-state index contributed by atoms with van der Waals surface area (Å²) in [6, 6.07) is 2.31. The van der Waals surface area contributed by atoms with Gasteiger partial charge in [-0.15, -0.1) is 0 Å². The third-order valence-corrected chi connectivity index (χ3v) is 3.85. The molecule has 4 heteroatoms. The number of hydrogen-bond acceptors (Lipinski definition) is 3. The Kier molecular flexibility index (Phi) is 2.98. The maximum atomic E-state index is 10.6. The first-order chi connectivity index (χ1) is 8.30. The molecule has 0 spiro atoms. The van der Waals surface area contributed by atoms with Gasteiger partial charge in [-0.3, -0.25) is 4.68 Å². The predicted octanol–water partition coefficient (Wildman–Crippen LogP) is 2.44. The molecule has 0 saturated heterocycles. The van der Waals surface area contributed by atoms with E-state index in [4.69, 9.17) is 0 Å². The first-order valence-corrected chi connectivity index (χ1v) is 6.43. The van der Waals surface area contributed by atoms with Crippen LogP contribution in [0.25, 0.3) is 0 Å². The molecule has 1 unspecified atom stereocenters. The van der Waals surface area contributed by atoms with Crippen molar-refractivity contribution in [1.29, 1.82) is 5.26 Å². The van der Waals surface area contributed by atoms with Crippen LogP contribution < -0.4 is 0 Å². The number of aliphatic hydroxyl groups excluding tert-OH is 1. The van der Waals surface area contributed by atoms with Gasteiger partial charge in [-0.2, -0.15) is 10.4 Å². The van der Waals surface area contributed by atoms with Gasteiger partial charge in [0.05, 0.1) is 17.2 Å². The average Bonchev–Trinajstić information content (AvgIpc) is 2.59. The summed E-state index contributed by atoms with van der Waals surface area (Å²) in [4.78, 5) is 0. The molecule has 1 aromatic rings. The number of rotatable bonds is 2. The molecule has 1 heterocycles. The van der Waals surface area contributed by atoms with E-state index in [0.29, 0.717) is 0 Å². The van der Waals surface area contributed by atoms with Gasteiger partial charge in [0.25, 0.3) is 0 Å². The number of aromatic nitrogens is 2. The van der Waals surface area contributed by atoms with Gasteiger partial charge in [-0.1, -0.05) is 27.2 Å². The van der Waals surface area contributed by atoms with Crippen molar-refractivity contribution in [1.82, 2.24) is 9.78 Å². The molecule has 0 bridgehead atoms. The maximum Gasteiger partial charge on any atom is 0.101 e. The topological polar surface area (TPSA) is 61.8 Å². The van der Waals surface area contributed by atoms with Gasteiger partial charge in [0.1, 0.15) is 6.10 Å². The number of aryl methyl sites for hydroxylation is 1. The maximum absolute atomic E-state index is 10.6. The molecule has 1 N–H and O–H groups in total. The predicted molar refractivity (Wildman–Crippen MR) is 68.8 cm³/mol. The molecule has 1 atom stereocenters. The van der Waals surface area contributed by atoms with Crippen LogP contribution in [0.4, 0.5) is 0 Å². The van der Waals surface area contributed by atoms with E-state index in [1.54, 1.807) is 4.68 Å². The van der Waals surface area contributed by atoms with Gasteiger partial charge in [0, 0.05) is 24.2 Å². The Balaban J connectivity index is 2.43. The van der Waals surface area contributed by atoms with Crippen molar-refractivity contribution in [2.75, 3.05) is 0 Å². The van der Waals surface area contributed by atoms with E-state index >= 15 is 0 Å². The molecule has 0 aromatic carbocycles. The second-order valence-electron chi connectivity index (χ2n) is 6.38. The fourth-order valence-corrected chi connectivity index (χ4v) is 2.59. The Hall–Kier alpha value is -1.34. The van der Waals surface area contributed by atoms with Crippen molar-refractivity contribution < 1.29 is 5.11 Å². The fraction of sp³-hybridized carbons (Fsp3) is 0.714. The smallest absolute Gasteiger partial charge is 0.101 e. The minimum Gasteiger partial charge on any atom is -0.387 e. The molecule has 2 rings (SSSR count). The average molecular weight is 247 g/mol. The van der Waals surface area contributed by atoms with Crippen molar-refractivity contribution in [2.24, 2.45) is 12.5 Å². The standard InChI is InChI=1S/C14H21N3O/c1-13(2,3)11-10(8-17(4)16-11)12(18)14(9-15)6-5-7-14/h8,12,18H,5-7H2,1-4H3. The van der Waals surface area contributed by atoms with Crippen LogP contribution in [0.1, 0.15) is 57.4 Å². The van der Waals surface area contributed by atoms with E-state index in [1.807, 2.05) is 13.2 Å². The van der Waals surface area contributed by atoms with Gasteiger partial charge >= 0.3 is 0 Å². The van der Waals surface area contributed by atoms with Crippen LogP contribution in [0.5, 0.6) is 0 Å². The van der Waals surface area contributed by atoms with Crippen LogP contribution in [-0.2, 0) is 12.5 Å². The second kappa shape index (κ2) is 4.10. The van der Waals surface area contributed by atoms with Gasteiger partial charge in [-0.25, -0.2) is 0 Å². The number of nitriles is 1. The van der Waals surface area contributed by atoms with Gasteiger partial charge in [0.2, 0.25) is 0 Å². The van der Waals surface area contributed by atoms with Crippen LogP contribution in [0.2, 0.25) is 0 Å². The first-order valence-electron chi connectivity index (χ1n) is 6.43. The zero-order valence-corrected chi connectivity index (χ0v) is 11.6. The summed E-state index contributed by atoms with van der Waals surface area (Å²) >= 11 is 0. The van der Waals surface area contributed by atoms with Gasteiger partial charge in [-0.05, 0) is 12.8 Å². The molecule has 18 heavy (non-hydrogen) atoms. The Morgan fingerprint density at radius 2 is 2.11 bits per heavy atom. The number of nitrogens with zero attached hydrogens (tertiary/aromatic N) is 3. The summed E-state index contributed by atoms with van der Waals surface area (Å²) in [7, 11) is 1.85. The summed E-state index contributed by atoms with van der Waals surface area (Å²) in [5.74, 6) is 0. The molecule has 98 valence electrons. The van der Waals surface area contributed by atoms with Crippen LogP contribution in [0, 0.1) is 16.7 Å². The van der Waals surface area contributed by atoms with Crippen molar-refractivity contribution in [2.45, 2.75) is 51.6 Å². The quantitative estimate of drug-likeness (QED) is 0.873. The third kappa shape index (κ3) is 1.93. The summed E-state index contributed by atoms with van der Waals surface area (Å²) < 4.78 is 1.73. The van der Waals surface area contributed by atoms with Crippen molar-refractivity contribution in [3.05, 3.63) is 17.5 Å². The van der Waals surface area contributed by atoms with Crippen molar-refractivity contribution in [3.8, 4) is 6.07 Å². The highest BCUT2D eigenvalue weighted by Gasteiger charge is 2.46. The van der Waals surface area contributed by atoms with Crippen molar-refractivity contribution in [3.63, 3.8) is 0 Å². The lowest BCUT2D eigenvalue weighted by atomic mass is 9.64. The lowest BCUT2D eigenvalue weighted by Crippen LogP contribution is -2.35. The molecular weight excluding hydrogens is 226 g/mol. The highest BCUT2D eigenvalue weighted by molar-refractivity contribution is 5.30. The number of aliphatic hydroxyl groups is 1. The van der Waals surface area contributed by atoms with E-state index in [1.165, 1.54) is 0 Å². The molecular formula is C14H21N3O. The summed E-state index contributed by atoms with van der Waals surface area (Å²) in [5.41, 5.74) is 0.978. The minimum absolute atomic E-state index is 0.127. The summed E-state index contributed by atoms with van der Waals surface area (Å²) in [6.45, 7) is 6.22. The fourth-order valence-electron chi connectivity index (χ4n) is 2.59. The molecule has 1 fully saturated rings.